The van der Waals surface area contributed by atoms with Crippen LogP contribution in [0.1, 0.15) is 38.1 Å². The van der Waals surface area contributed by atoms with Crippen LogP contribution < -0.4 is 0 Å². The Kier molecular flexibility index (Phi) is 7.69. The highest BCUT2D eigenvalue weighted by Gasteiger charge is 2.14. The maximum absolute atomic E-state index is 12.3. The number of amides is 1. The molecule has 0 radical (unpaired) electrons. The molecule has 122 valence electrons. The number of hydrogen-bond donors (Lipinski definition) is 0. The van der Waals surface area contributed by atoms with Crippen LogP contribution >= 0.6 is 23.2 Å². The van der Waals surface area contributed by atoms with Gasteiger partial charge in [-0.15, -0.1) is 0 Å². The van der Waals surface area contributed by atoms with Gasteiger partial charge in [0, 0.05) is 18.7 Å². The molecule has 0 saturated heterocycles. The molecule has 0 heterocycles. The molecule has 0 atom stereocenters. The number of aliphatic imine (C=N–C) groups is 1. The average molecular weight is 345 g/mol. The lowest BCUT2D eigenvalue weighted by Gasteiger charge is -2.23. The Labute approximate surface area is 142 Å². The summed E-state index contributed by atoms with van der Waals surface area (Å²) in [5, 5.41) is 0.734. The molecule has 1 rings (SSSR count). The fourth-order valence-corrected chi connectivity index (χ4v) is 2.01. The van der Waals surface area contributed by atoms with Crippen molar-refractivity contribution in [3.63, 3.8) is 0 Å². The SMILES string of the molecule is CCN(CC)C(=NC(=O)c1ccc(Cl)c(Cl)c1)OCC(C)C. The van der Waals surface area contributed by atoms with Crippen molar-refractivity contribution in [2.75, 3.05) is 19.7 Å². The van der Waals surface area contributed by atoms with Crippen LogP contribution in [-0.2, 0) is 4.74 Å². The molecule has 1 aromatic rings. The van der Waals surface area contributed by atoms with Gasteiger partial charge in [0.2, 0.25) is 0 Å². The number of halogens is 2. The van der Waals surface area contributed by atoms with E-state index in [1.807, 2.05) is 32.6 Å². The second-order valence-corrected chi connectivity index (χ2v) is 6.02. The van der Waals surface area contributed by atoms with Gasteiger partial charge in [-0.25, -0.2) is 0 Å². The zero-order valence-electron chi connectivity index (χ0n) is 13.4. The summed E-state index contributed by atoms with van der Waals surface area (Å²) < 4.78 is 5.69. The van der Waals surface area contributed by atoms with Crippen molar-refractivity contribution in [3.05, 3.63) is 33.8 Å². The first-order valence-electron chi connectivity index (χ1n) is 7.34. The fourth-order valence-electron chi connectivity index (χ4n) is 1.71. The summed E-state index contributed by atoms with van der Waals surface area (Å²) in [6.07, 6.45) is 0. The molecule has 0 aliphatic rings. The molecular weight excluding hydrogens is 323 g/mol. The summed E-state index contributed by atoms with van der Waals surface area (Å²) in [6.45, 7) is 9.98. The van der Waals surface area contributed by atoms with Crippen LogP contribution in [-0.4, -0.2) is 36.5 Å². The topological polar surface area (TPSA) is 41.9 Å². The zero-order chi connectivity index (χ0) is 16.7. The van der Waals surface area contributed by atoms with E-state index < -0.39 is 5.91 Å². The molecule has 0 N–H and O–H groups in total. The molecule has 0 spiro atoms. The first kappa shape index (κ1) is 18.8. The normalized spacial score (nSPS) is 11.7. The number of ether oxygens (including phenoxy) is 1. The fraction of sp³-hybridized carbons (Fsp3) is 0.500. The molecule has 1 amide bonds. The van der Waals surface area contributed by atoms with E-state index in [1.165, 1.54) is 6.07 Å². The van der Waals surface area contributed by atoms with Gasteiger partial charge in [0.05, 0.1) is 16.7 Å². The maximum atomic E-state index is 12.3. The van der Waals surface area contributed by atoms with Gasteiger partial charge in [-0.2, -0.15) is 4.99 Å². The molecule has 0 unspecified atom stereocenters. The molecule has 22 heavy (non-hydrogen) atoms. The van der Waals surface area contributed by atoms with Crippen molar-refractivity contribution >= 4 is 35.1 Å². The predicted molar refractivity (Wildman–Crippen MR) is 91.9 cm³/mol. The summed E-state index contributed by atoms with van der Waals surface area (Å²) in [5.41, 5.74) is 0.382. The molecule has 6 heteroatoms. The van der Waals surface area contributed by atoms with E-state index in [-0.39, 0.29) is 0 Å². The van der Waals surface area contributed by atoms with E-state index in [0.29, 0.717) is 47.2 Å². The third-order valence-corrected chi connectivity index (χ3v) is 3.68. The number of rotatable bonds is 5. The minimum absolute atomic E-state index is 0.329. The smallest absolute Gasteiger partial charge is 0.295 e. The van der Waals surface area contributed by atoms with E-state index >= 15 is 0 Å². The van der Waals surface area contributed by atoms with E-state index in [9.17, 15) is 4.79 Å². The quantitative estimate of drug-likeness (QED) is 0.583. The van der Waals surface area contributed by atoms with Crippen molar-refractivity contribution in [1.29, 1.82) is 0 Å². The van der Waals surface area contributed by atoms with Crippen molar-refractivity contribution in [1.82, 2.24) is 4.90 Å². The van der Waals surface area contributed by atoms with Gasteiger partial charge in [-0.1, -0.05) is 37.0 Å². The first-order valence-corrected chi connectivity index (χ1v) is 8.10. The van der Waals surface area contributed by atoms with E-state index in [2.05, 4.69) is 4.99 Å². The standard InChI is InChI=1S/C16H22Cl2N2O2/c1-5-20(6-2)16(22-10-11(3)4)19-15(21)12-7-8-13(17)14(18)9-12/h7-9,11H,5-6,10H2,1-4H3. The lowest BCUT2D eigenvalue weighted by atomic mass is 10.2. The zero-order valence-corrected chi connectivity index (χ0v) is 14.9. The summed E-state index contributed by atoms with van der Waals surface area (Å²) in [5.74, 6) is -0.0509. The third-order valence-electron chi connectivity index (χ3n) is 2.94. The summed E-state index contributed by atoms with van der Waals surface area (Å²) in [6, 6.07) is 5.04. The largest absolute Gasteiger partial charge is 0.465 e. The van der Waals surface area contributed by atoms with Gasteiger partial charge < -0.3 is 9.64 Å². The van der Waals surface area contributed by atoms with Gasteiger partial charge in [-0.3, -0.25) is 4.79 Å². The van der Waals surface area contributed by atoms with Crippen LogP contribution in [0.4, 0.5) is 0 Å². The second-order valence-electron chi connectivity index (χ2n) is 5.21. The second kappa shape index (κ2) is 9.01. The van der Waals surface area contributed by atoms with Crippen molar-refractivity contribution in [2.24, 2.45) is 10.9 Å². The van der Waals surface area contributed by atoms with Gasteiger partial charge in [0.15, 0.2) is 0 Å². The summed E-state index contributed by atoms with van der Waals surface area (Å²) in [7, 11) is 0. The van der Waals surface area contributed by atoms with Gasteiger partial charge in [0.1, 0.15) is 0 Å². The number of carbonyl (C=O) groups excluding carboxylic acids is 1. The van der Waals surface area contributed by atoms with Crippen molar-refractivity contribution in [3.8, 4) is 0 Å². The molecule has 0 aliphatic carbocycles. The number of nitrogens with zero attached hydrogens (tertiary/aromatic N) is 2. The molecule has 0 aromatic heterocycles. The minimum atomic E-state index is -0.399. The monoisotopic (exact) mass is 344 g/mol. The Balaban J connectivity index is 3.02. The molecule has 0 saturated carbocycles. The van der Waals surface area contributed by atoms with Crippen molar-refractivity contribution < 1.29 is 9.53 Å². The molecule has 0 fully saturated rings. The number of carbonyl (C=O) groups is 1. The van der Waals surface area contributed by atoms with Crippen LogP contribution in [0.15, 0.2) is 23.2 Å². The Morgan fingerprint density at radius 2 is 1.86 bits per heavy atom. The highest BCUT2D eigenvalue weighted by Crippen LogP contribution is 2.23. The van der Waals surface area contributed by atoms with Crippen LogP contribution in [0.2, 0.25) is 10.0 Å². The van der Waals surface area contributed by atoms with Crippen LogP contribution in [0, 0.1) is 5.92 Å². The lowest BCUT2D eigenvalue weighted by Crippen LogP contribution is -2.34. The Morgan fingerprint density at radius 1 is 1.23 bits per heavy atom. The third kappa shape index (κ3) is 5.50. The molecule has 4 nitrogen and oxygen atoms in total. The Bertz CT molecular complexity index is 541. The van der Waals surface area contributed by atoms with Crippen LogP contribution in [0.3, 0.4) is 0 Å². The molecule has 0 aliphatic heterocycles. The van der Waals surface area contributed by atoms with Crippen molar-refractivity contribution in [2.45, 2.75) is 27.7 Å². The number of benzene rings is 1. The molecule has 0 bridgehead atoms. The number of amidine groups is 1. The predicted octanol–water partition coefficient (Wildman–Crippen LogP) is 4.50. The minimum Gasteiger partial charge on any atom is -0.465 e. The first-order chi connectivity index (χ1) is 10.4. The van der Waals surface area contributed by atoms with E-state index in [1.54, 1.807) is 12.1 Å². The summed E-state index contributed by atoms with van der Waals surface area (Å²) >= 11 is 11.8. The van der Waals surface area contributed by atoms with E-state index in [4.69, 9.17) is 27.9 Å². The highest BCUT2D eigenvalue weighted by atomic mass is 35.5. The van der Waals surface area contributed by atoms with Crippen LogP contribution in [0.25, 0.3) is 0 Å². The molecular formula is C16H22Cl2N2O2. The van der Waals surface area contributed by atoms with Gasteiger partial charge in [-0.05, 0) is 38.0 Å². The Morgan fingerprint density at radius 3 is 2.36 bits per heavy atom. The maximum Gasteiger partial charge on any atom is 0.295 e. The number of hydrogen-bond acceptors (Lipinski definition) is 2. The summed E-state index contributed by atoms with van der Waals surface area (Å²) in [4.78, 5) is 18.3. The van der Waals surface area contributed by atoms with Gasteiger partial charge >= 0.3 is 0 Å². The van der Waals surface area contributed by atoms with Gasteiger partial charge in [0.25, 0.3) is 11.9 Å². The Hall–Kier alpha value is -1.26. The lowest BCUT2D eigenvalue weighted by molar-refractivity contribution is 0.0992. The van der Waals surface area contributed by atoms with Crippen LogP contribution in [0.5, 0.6) is 0 Å². The average Bonchev–Trinajstić information content (AvgIpc) is 2.48. The molecule has 1 aromatic carbocycles. The highest BCUT2D eigenvalue weighted by molar-refractivity contribution is 6.42. The van der Waals surface area contributed by atoms with E-state index in [0.717, 1.165) is 0 Å².